The minimum Gasteiger partial charge on any atom is -0.465 e. The van der Waals surface area contributed by atoms with Gasteiger partial charge in [-0.1, -0.05) is 19.8 Å². The Labute approximate surface area is 121 Å². The standard InChI is InChI=1S/C15H26O5/c1-5-8-9-12(10-11(4)16)13(14(17)19-6-2)15(18)20-7-3/h12-13H,5-10H2,1-4H3/t12-/m0/s1. The normalized spacial score (nSPS) is 12.1. The summed E-state index contributed by atoms with van der Waals surface area (Å²) in [5.74, 6) is -2.55. The lowest BCUT2D eigenvalue weighted by Gasteiger charge is -2.23. The van der Waals surface area contributed by atoms with E-state index in [1.165, 1.54) is 6.92 Å². The van der Waals surface area contributed by atoms with E-state index in [9.17, 15) is 14.4 Å². The molecule has 0 aromatic heterocycles. The predicted octanol–water partition coefficient (Wildman–Crippen LogP) is 2.51. The van der Waals surface area contributed by atoms with Gasteiger partial charge in [-0.25, -0.2) is 0 Å². The van der Waals surface area contributed by atoms with Crippen molar-refractivity contribution < 1.29 is 23.9 Å². The van der Waals surface area contributed by atoms with Gasteiger partial charge in [0.05, 0.1) is 13.2 Å². The molecule has 0 rings (SSSR count). The number of unbranched alkanes of at least 4 members (excludes halogenated alkanes) is 1. The van der Waals surface area contributed by atoms with Gasteiger partial charge in [0.25, 0.3) is 0 Å². The van der Waals surface area contributed by atoms with Crippen LogP contribution in [-0.4, -0.2) is 30.9 Å². The molecule has 20 heavy (non-hydrogen) atoms. The summed E-state index contributed by atoms with van der Waals surface area (Å²) in [5.41, 5.74) is 0. The Morgan fingerprint density at radius 1 is 0.950 bits per heavy atom. The zero-order chi connectivity index (χ0) is 15.5. The second-order valence-electron chi connectivity index (χ2n) is 4.79. The maximum Gasteiger partial charge on any atom is 0.320 e. The molecule has 0 aliphatic rings. The average Bonchev–Trinajstić information content (AvgIpc) is 2.36. The molecule has 0 N–H and O–H groups in total. The average molecular weight is 286 g/mol. The van der Waals surface area contributed by atoms with Gasteiger partial charge in [0.2, 0.25) is 0 Å². The predicted molar refractivity (Wildman–Crippen MR) is 75.1 cm³/mol. The second-order valence-corrected chi connectivity index (χ2v) is 4.79. The van der Waals surface area contributed by atoms with E-state index >= 15 is 0 Å². The molecule has 0 radical (unpaired) electrons. The number of esters is 2. The molecular formula is C15H26O5. The van der Waals surface area contributed by atoms with E-state index < -0.39 is 17.9 Å². The first-order chi connectivity index (χ1) is 9.47. The van der Waals surface area contributed by atoms with E-state index in [2.05, 4.69) is 0 Å². The molecule has 0 aromatic carbocycles. The van der Waals surface area contributed by atoms with Crippen LogP contribution in [0.25, 0.3) is 0 Å². The molecule has 0 unspecified atom stereocenters. The lowest BCUT2D eigenvalue weighted by molar-refractivity contribution is -0.164. The number of ketones is 1. The second kappa shape index (κ2) is 10.4. The summed E-state index contributed by atoms with van der Waals surface area (Å²) in [6.45, 7) is 7.27. The van der Waals surface area contributed by atoms with Crippen molar-refractivity contribution >= 4 is 17.7 Å². The topological polar surface area (TPSA) is 69.7 Å². The molecule has 1 atom stereocenters. The first-order valence-electron chi connectivity index (χ1n) is 7.30. The van der Waals surface area contributed by atoms with Crippen molar-refractivity contribution in [2.45, 2.75) is 53.4 Å². The van der Waals surface area contributed by atoms with Gasteiger partial charge < -0.3 is 14.3 Å². The van der Waals surface area contributed by atoms with Crippen LogP contribution in [0.3, 0.4) is 0 Å². The number of Topliss-reactive ketones (excluding diaryl/α,β-unsaturated/α-hetero) is 1. The van der Waals surface area contributed by atoms with Crippen LogP contribution in [0.2, 0.25) is 0 Å². The maximum absolute atomic E-state index is 12.0. The van der Waals surface area contributed by atoms with E-state index in [0.717, 1.165) is 12.8 Å². The van der Waals surface area contributed by atoms with E-state index in [4.69, 9.17) is 9.47 Å². The fraction of sp³-hybridized carbons (Fsp3) is 0.800. The summed E-state index contributed by atoms with van der Waals surface area (Å²) in [6, 6.07) is 0. The van der Waals surface area contributed by atoms with Crippen molar-refractivity contribution in [3.63, 3.8) is 0 Å². The largest absolute Gasteiger partial charge is 0.465 e. The smallest absolute Gasteiger partial charge is 0.320 e. The summed E-state index contributed by atoms with van der Waals surface area (Å²) in [5, 5.41) is 0. The first-order valence-corrected chi connectivity index (χ1v) is 7.30. The Bertz CT molecular complexity index is 306. The highest BCUT2D eigenvalue weighted by Gasteiger charge is 2.37. The van der Waals surface area contributed by atoms with E-state index in [-0.39, 0.29) is 31.3 Å². The van der Waals surface area contributed by atoms with Crippen molar-refractivity contribution in [2.24, 2.45) is 11.8 Å². The van der Waals surface area contributed by atoms with E-state index in [1.807, 2.05) is 6.92 Å². The van der Waals surface area contributed by atoms with Gasteiger partial charge in [-0.05, 0) is 33.1 Å². The minimum absolute atomic E-state index is 0.0373. The maximum atomic E-state index is 12.0. The molecule has 5 nitrogen and oxygen atoms in total. The molecule has 0 fully saturated rings. The molecule has 0 bridgehead atoms. The number of carbonyl (C=O) groups is 3. The summed E-state index contributed by atoms with van der Waals surface area (Å²) < 4.78 is 9.93. The first kappa shape index (κ1) is 18.6. The summed E-state index contributed by atoms with van der Waals surface area (Å²) in [7, 11) is 0. The van der Waals surface area contributed by atoms with Crippen LogP contribution in [0.4, 0.5) is 0 Å². The quantitative estimate of drug-likeness (QED) is 0.456. The molecule has 0 aliphatic carbocycles. The highest BCUT2D eigenvalue weighted by molar-refractivity contribution is 5.95. The van der Waals surface area contributed by atoms with Gasteiger partial charge in [0, 0.05) is 6.42 Å². The molecule has 116 valence electrons. The van der Waals surface area contributed by atoms with Crippen LogP contribution < -0.4 is 0 Å². The third kappa shape index (κ3) is 6.68. The Balaban J connectivity index is 5.09. The molecule has 0 aliphatic heterocycles. The SMILES string of the molecule is CCCC[C@@H](CC(C)=O)C(C(=O)OCC)C(=O)OCC. The molecule has 0 heterocycles. The lowest BCUT2D eigenvalue weighted by Crippen LogP contribution is -2.35. The fourth-order valence-electron chi connectivity index (χ4n) is 2.17. The number of hydrogen-bond donors (Lipinski definition) is 0. The van der Waals surface area contributed by atoms with Gasteiger partial charge in [-0.3, -0.25) is 9.59 Å². The molecular weight excluding hydrogens is 260 g/mol. The van der Waals surface area contributed by atoms with Crippen molar-refractivity contribution in [1.29, 1.82) is 0 Å². The number of ether oxygens (including phenoxy) is 2. The van der Waals surface area contributed by atoms with Gasteiger partial charge >= 0.3 is 11.9 Å². The highest BCUT2D eigenvalue weighted by atomic mass is 16.6. The van der Waals surface area contributed by atoms with E-state index in [1.54, 1.807) is 13.8 Å². The molecule has 0 amide bonds. The van der Waals surface area contributed by atoms with Gasteiger partial charge in [0.15, 0.2) is 5.92 Å². The van der Waals surface area contributed by atoms with E-state index in [0.29, 0.717) is 6.42 Å². The van der Waals surface area contributed by atoms with Crippen LogP contribution in [-0.2, 0) is 23.9 Å². The number of hydrogen-bond acceptors (Lipinski definition) is 5. The Kier molecular flexibility index (Phi) is 9.68. The zero-order valence-electron chi connectivity index (χ0n) is 12.9. The van der Waals surface area contributed by atoms with Crippen molar-refractivity contribution in [3.05, 3.63) is 0 Å². The lowest BCUT2D eigenvalue weighted by atomic mass is 9.84. The molecule has 0 spiro atoms. The fourth-order valence-corrected chi connectivity index (χ4v) is 2.17. The zero-order valence-corrected chi connectivity index (χ0v) is 12.9. The van der Waals surface area contributed by atoms with Crippen LogP contribution in [0.15, 0.2) is 0 Å². The number of carbonyl (C=O) groups excluding carboxylic acids is 3. The summed E-state index contributed by atoms with van der Waals surface area (Å²) in [6.07, 6.45) is 2.63. The van der Waals surface area contributed by atoms with Crippen LogP contribution >= 0.6 is 0 Å². The van der Waals surface area contributed by atoms with Crippen molar-refractivity contribution in [2.75, 3.05) is 13.2 Å². The highest BCUT2D eigenvalue weighted by Crippen LogP contribution is 2.25. The summed E-state index contributed by atoms with van der Waals surface area (Å²) in [4.78, 5) is 35.4. The minimum atomic E-state index is -0.995. The van der Waals surface area contributed by atoms with Crippen LogP contribution in [0.1, 0.15) is 53.4 Å². The number of rotatable bonds is 10. The Morgan fingerprint density at radius 3 is 1.80 bits per heavy atom. The van der Waals surface area contributed by atoms with Crippen LogP contribution in [0, 0.1) is 11.8 Å². The Morgan fingerprint density at radius 2 is 1.45 bits per heavy atom. The molecule has 0 aromatic rings. The van der Waals surface area contributed by atoms with Crippen molar-refractivity contribution in [3.8, 4) is 0 Å². The monoisotopic (exact) mass is 286 g/mol. The Hall–Kier alpha value is -1.39. The van der Waals surface area contributed by atoms with Gasteiger partial charge in [0.1, 0.15) is 5.78 Å². The van der Waals surface area contributed by atoms with Gasteiger partial charge in [-0.15, -0.1) is 0 Å². The van der Waals surface area contributed by atoms with Crippen molar-refractivity contribution in [1.82, 2.24) is 0 Å². The molecule has 5 heteroatoms. The molecule has 0 saturated heterocycles. The van der Waals surface area contributed by atoms with Crippen LogP contribution in [0.5, 0.6) is 0 Å². The molecule has 0 saturated carbocycles. The third-order valence-electron chi connectivity index (χ3n) is 3.03. The van der Waals surface area contributed by atoms with Gasteiger partial charge in [-0.2, -0.15) is 0 Å². The third-order valence-corrected chi connectivity index (χ3v) is 3.03. The summed E-state index contributed by atoms with van der Waals surface area (Å²) >= 11 is 0.